The molecule has 0 fully saturated rings. The number of carboxylic acid groups (broad SMARTS) is 1. The number of aliphatic carboxylic acids is 1. The van der Waals surface area contributed by atoms with E-state index in [0.29, 0.717) is 15.6 Å². The predicted molar refractivity (Wildman–Crippen MR) is 72.1 cm³/mol. The van der Waals surface area contributed by atoms with Crippen molar-refractivity contribution in [1.29, 1.82) is 0 Å². The smallest absolute Gasteiger partial charge is 0.328 e. The molecule has 0 aliphatic carbocycles. The lowest BCUT2D eigenvalue weighted by atomic mass is 10.2. The quantitative estimate of drug-likeness (QED) is 0.721. The molecule has 1 unspecified atom stereocenters. The third kappa shape index (κ3) is 4.90. The minimum Gasteiger partial charge on any atom is -0.480 e. The summed E-state index contributed by atoms with van der Waals surface area (Å²) >= 11 is 11.6. The molecule has 1 aromatic carbocycles. The molecule has 5 nitrogen and oxygen atoms in total. The number of benzene rings is 1. The number of aliphatic hydroxyl groups excluding tert-OH is 1. The van der Waals surface area contributed by atoms with Crippen LogP contribution in [-0.2, 0) is 9.59 Å². The van der Waals surface area contributed by atoms with Crippen molar-refractivity contribution in [3.8, 4) is 0 Å². The maximum absolute atomic E-state index is 11.4. The summed E-state index contributed by atoms with van der Waals surface area (Å²) in [6.45, 7) is -0.684. The Bertz CT molecular complexity index is 516. The highest BCUT2D eigenvalue weighted by molar-refractivity contribution is 6.35. The molecule has 1 amide bonds. The Morgan fingerprint density at radius 2 is 2.05 bits per heavy atom. The maximum atomic E-state index is 11.4. The average molecular weight is 304 g/mol. The van der Waals surface area contributed by atoms with E-state index in [1.807, 2.05) is 0 Å². The van der Waals surface area contributed by atoms with Crippen molar-refractivity contribution in [1.82, 2.24) is 5.32 Å². The molecule has 0 aromatic heterocycles. The lowest BCUT2D eigenvalue weighted by Crippen LogP contribution is -2.42. The van der Waals surface area contributed by atoms with E-state index in [1.54, 1.807) is 12.1 Å². The number of aliphatic hydroxyl groups is 1. The summed E-state index contributed by atoms with van der Waals surface area (Å²) < 4.78 is 0. The fourth-order valence-electron chi connectivity index (χ4n) is 1.21. The van der Waals surface area contributed by atoms with Crippen LogP contribution in [0, 0.1) is 0 Å². The van der Waals surface area contributed by atoms with Crippen molar-refractivity contribution < 1.29 is 19.8 Å². The second kappa shape index (κ2) is 7.13. The fraction of sp³-hybridized carbons (Fsp3) is 0.167. The van der Waals surface area contributed by atoms with Gasteiger partial charge in [0.2, 0.25) is 5.91 Å². The standard InChI is InChI=1S/C12H11Cl2NO4/c13-8-3-1-7(9(14)5-8)2-4-11(17)15-10(6-16)12(18)19/h1-5,10,16H,6H2,(H,15,17)(H,18,19)/b4-2+. The first kappa shape index (κ1) is 15.5. The van der Waals surface area contributed by atoms with Crippen LogP contribution in [0.4, 0.5) is 0 Å². The lowest BCUT2D eigenvalue weighted by Gasteiger charge is -2.09. The number of nitrogens with one attached hydrogen (secondary N) is 1. The lowest BCUT2D eigenvalue weighted by molar-refractivity contribution is -0.142. The van der Waals surface area contributed by atoms with Crippen LogP contribution in [0.1, 0.15) is 5.56 Å². The first-order valence-electron chi connectivity index (χ1n) is 5.21. The fourth-order valence-corrected chi connectivity index (χ4v) is 1.68. The summed E-state index contributed by atoms with van der Waals surface area (Å²) in [6, 6.07) is 3.42. The number of carboxylic acids is 1. The van der Waals surface area contributed by atoms with Gasteiger partial charge in [-0.25, -0.2) is 4.79 Å². The molecule has 0 radical (unpaired) electrons. The second-order valence-corrected chi connectivity index (χ2v) is 4.42. The molecule has 1 rings (SSSR count). The van der Waals surface area contributed by atoms with Gasteiger partial charge < -0.3 is 15.5 Å². The molecule has 1 aromatic rings. The van der Waals surface area contributed by atoms with Crippen LogP contribution in [-0.4, -0.2) is 34.7 Å². The van der Waals surface area contributed by atoms with Crippen LogP contribution in [0.15, 0.2) is 24.3 Å². The number of rotatable bonds is 5. The van der Waals surface area contributed by atoms with Gasteiger partial charge in [0.15, 0.2) is 6.04 Å². The minimum absolute atomic E-state index is 0.369. The minimum atomic E-state index is -1.34. The van der Waals surface area contributed by atoms with Gasteiger partial charge >= 0.3 is 5.97 Å². The van der Waals surface area contributed by atoms with Crippen LogP contribution < -0.4 is 5.32 Å². The van der Waals surface area contributed by atoms with Gasteiger partial charge in [0.25, 0.3) is 0 Å². The summed E-state index contributed by atoms with van der Waals surface area (Å²) in [6.07, 6.45) is 2.55. The van der Waals surface area contributed by atoms with Crippen molar-refractivity contribution in [2.24, 2.45) is 0 Å². The van der Waals surface area contributed by atoms with E-state index in [0.717, 1.165) is 6.08 Å². The van der Waals surface area contributed by atoms with Gasteiger partial charge in [0.05, 0.1) is 6.61 Å². The van der Waals surface area contributed by atoms with Gasteiger partial charge in [0, 0.05) is 16.1 Å². The Labute approximate surface area is 119 Å². The van der Waals surface area contributed by atoms with E-state index in [1.165, 1.54) is 12.1 Å². The molecule has 1 atom stereocenters. The molecular weight excluding hydrogens is 293 g/mol. The summed E-state index contributed by atoms with van der Waals surface area (Å²) in [4.78, 5) is 22.0. The maximum Gasteiger partial charge on any atom is 0.328 e. The number of hydrogen-bond acceptors (Lipinski definition) is 3. The molecule has 0 saturated carbocycles. The van der Waals surface area contributed by atoms with Crippen molar-refractivity contribution in [2.75, 3.05) is 6.61 Å². The monoisotopic (exact) mass is 303 g/mol. The predicted octanol–water partition coefficient (Wildman–Crippen LogP) is 1.57. The van der Waals surface area contributed by atoms with Gasteiger partial charge in [-0.15, -0.1) is 0 Å². The van der Waals surface area contributed by atoms with Gasteiger partial charge in [0.1, 0.15) is 0 Å². The third-order valence-corrected chi connectivity index (χ3v) is 2.74. The number of carbonyl (C=O) groups is 2. The largest absolute Gasteiger partial charge is 0.480 e. The Hall–Kier alpha value is -1.56. The van der Waals surface area contributed by atoms with E-state index in [4.69, 9.17) is 33.4 Å². The molecule has 102 valence electrons. The Kier molecular flexibility index (Phi) is 5.82. The van der Waals surface area contributed by atoms with Crippen molar-refractivity contribution in [2.45, 2.75) is 6.04 Å². The molecule has 19 heavy (non-hydrogen) atoms. The van der Waals surface area contributed by atoms with Gasteiger partial charge in [-0.3, -0.25) is 4.79 Å². The number of carbonyl (C=O) groups excluding carboxylic acids is 1. The second-order valence-electron chi connectivity index (χ2n) is 3.58. The molecule has 0 saturated heterocycles. The summed E-state index contributed by atoms with van der Waals surface area (Å²) in [7, 11) is 0. The van der Waals surface area contributed by atoms with Crippen molar-refractivity contribution >= 4 is 41.2 Å². The summed E-state index contributed by atoms with van der Waals surface area (Å²) in [5.41, 5.74) is 0.567. The van der Waals surface area contributed by atoms with Crippen LogP contribution in [0.3, 0.4) is 0 Å². The molecular formula is C12H11Cl2NO4. The topological polar surface area (TPSA) is 86.6 Å². The van der Waals surface area contributed by atoms with E-state index in [9.17, 15) is 9.59 Å². The Morgan fingerprint density at radius 1 is 1.37 bits per heavy atom. The number of amides is 1. The van der Waals surface area contributed by atoms with Gasteiger partial charge in [-0.05, 0) is 23.8 Å². The number of hydrogen-bond donors (Lipinski definition) is 3. The first-order valence-corrected chi connectivity index (χ1v) is 5.97. The molecule has 0 bridgehead atoms. The molecule has 0 heterocycles. The molecule has 0 aliphatic rings. The first-order chi connectivity index (χ1) is 8.93. The zero-order valence-corrected chi connectivity index (χ0v) is 11.1. The highest BCUT2D eigenvalue weighted by atomic mass is 35.5. The Balaban J connectivity index is 2.70. The average Bonchev–Trinajstić information content (AvgIpc) is 2.34. The highest BCUT2D eigenvalue weighted by Crippen LogP contribution is 2.21. The number of halogens is 2. The molecule has 0 aliphatic heterocycles. The van der Waals surface area contributed by atoms with E-state index >= 15 is 0 Å². The molecule has 7 heteroatoms. The van der Waals surface area contributed by atoms with Crippen LogP contribution in [0.5, 0.6) is 0 Å². The van der Waals surface area contributed by atoms with Crippen LogP contribution >= 0.6 is 23.2 Å². The summed E-state index contributed by atoms with van der Waals surface area (Å²) in [5.74, 6) is -1.96. The van der Waals surface area contributed by atoms with Crippen molar-refractivity contribution in [3.05, 3.63) is 39.9 Å². The van der Waals surface area contributed by atoms with Crippen LogP contribution in [0.2, 0.25) is 10.0 Å². The Morgan fingerprint density at radius 3 is 2.58 bits per heavy atom. The highest BCUT2D eigenvalue weighted by Gasteiger charge is 2.17. The summed E-state index contributed by atoms with van der Waals surface area (Å²) in [5, 5.41) is 20.4. The normalized spacial score (nSPS) is 12.4. The van der Waals surface area contributed by atoms with Gasteiger partial charge in [-0.1, -0.05) is 29.3 Å². The zero-order chi connectivity index (χ0) is 14.4. The molecule has 0 spiro atoms. The molecule has 3 N–H and O–H groups in total. The zero-order valence-electron chi connectivity index (χ0n) is 9.64. The van der Waals surface area contributed by atoms with E-state index in [-0.39, 0.29) is 0 Å². The van der Waals surface area contributed by atoms with Crippen molar-refractivity contribution in [3.63, 3.8) is 0 Å². The van der Waals surface area contributed by atoms with E-state index in [2.05, 4.69) is 5.32 Å². The van der Waals surface area contributed by atoms with Gasteiger partial charge in [-0.2, -0.15) is 0 Å². The van der Waals surface area contributed by atoms with Crippen LogP contribution in [0.25, 0.3) is 6.08 Å². The third-order valence-electron chi connectivity index (χ3n) is 2.17. The van der Waals surface area contributed by atoms with E-state index < -0.39 is 24.5 Å². The SMILES string of the molecule is O=C(/C=C/c1ccc(Cl)cc1Cl)NC(CO)C(=O)O.